The molecule has 22 heavy (non-hydrogen) atoms. The second-order valence-corrected chi connectivity index (χ2v) is 4.94. The maximum atomic E-state index is 9.15. The SMILES string of the molecule is OCc1ccnc(-c2cccc(OC[C@@H]3COCCO3)c2)n1. The largest absolute Gasteiger partial charge is 0.491 e. The van der Waals surface area contributed by atoms with Crippen molar-refractivity contribution >= 4 is 0 Å². The zero-order valence-corrected chi connectivity index (χ0v) is 12.1. The molecule has 0 saturated carbocycles. The molecule has 6 nitrogen and oxygen atoms in total. The summed E-state index contributed by atoms with van der Waals surface area (Å²) in [6.07, 6.45) is 1.60. The van der Waals surface area contributed by atoms with Gasteiger partial charge in [-0.3, -0.25) is 0 Å². The van der Waals surface area contributed by atoms with Gasteiger partial charge in [-0.25, -0.2) is 9.97 Å². The Morgan fingerprint density at radius 3 is 3.05 bits per heavy atom. The highest BCUT2D eigenvalue weighted by Crippen LogP contribution is 2.21. The number of benzene rings is 1. The number of aromatic nitrogens is 2. The van der Waals surface area contributed by atoms with Gasteiger partial charge < -0.3 is 19.3 Å². The number of hydrogen-bond acceptors (Lipinski definition) is 6. The fourth-order valence-corrected chi connectivity index (χ4v) is 2.17. The molecule has 1 aromatic carbocycles. The number of hydrogen-bond donors (Lipinski definition) is 1. The van der Waals surface area contributed by atoms with E-state index in [1.807, 2.05) is 24.3 Å². The molecule has 0 bridgehead atoms. The average molecular weight is 302 g/mol. The van der Waals surface area contributed by atoms with Gasteiger partial charge >= 0.3 is 0 Å². The third kappa shape index (κ3) is 3.79. The molecule has 1 atom stereocenters. The number of ether oxygens (including phenoxy) is 3. The summed E-state index contributed by atoms with van der Waals surface area (Å²) in [5.74, 6) is 1.29. The summed E-state index contributed by atoms with van der Waals surface area (Å²) >= 11 is 0. The molecule has 1 aromatic heterocycles. The van der Waals surface area contributed by atoms with Crippen molar-refractivity contribution < 1.29 is 19.3 Å². The van der Waals surface area contributed by atoms with Crippen molar-refractivity contribution in [1.29, 1.82) is 0 Å². The Bertz CT molecular complexity index is 615. The number of rotatable bonds is 5. The van der Waals surface area contributed by atoms with Crippen LogP contribution in [0, 0.1) is 0 Å². The molecule has 1 aliphatic rings. The van der Waals surface area contributed by atoms with Crippen LogP contribution in [0.1, 0.15) is 5.69 Å². The monoisotopic (exact) mass is 302 g/mol. The molecule has 1 fully saturated rings. The lowest BCUT2D eigenvalue weighted by Gasteiger charge is -2.23. The zero-order chi connectivity index (χ0) is 15.2. The highest BCUT2D eigenvalue weighted by atomic mass is 16.6. The van der Waals surface area contributed by atoms with Crippen molar-refractivity contribution in [2.75, 3.05) is 26.4 Å². The number of aliphatic hydroxyl groups excluding tert-OH is 1. The number of nitrogens with zero attached hydrogens (tertiary/aromatic N) is 2. The van der Waals surface area contributed by atoms with Gasteiger partial charge in [0.2, 0.25) is 0 Å². The smallest absolute Gasteiger partial charge is 0.159 e. The first-order valence-corrected chi connectivity index (χ1v) is 7.20. The molecule has 6 heteroatoms. The van der Waals surface area contributed by atoms with Crippen LogP contribution in [0.5, 0.6) is 5.75 Å². The second kappa shape index (κ2) is 7.31. The normalized spacial score (nSPS) is 18.1. The van der Waals surface area contributed by atoms with Crippen LogP contribution < -0.4 is 4.74 Å². The third-order valence-corrected chi connectivity index (χ3v) is 3.29. The van der Waals surface area contributed by atoms with Gasteiger partial charge in [-0.1, -0.05) is 12.1 Å². The van der Waals surface area contributed by atoms with Crippen molar-refractivity contribution in [1.82, 2.24) is 9.97 Å². The summed E-state index contributed by atoms with van der Waals surface area (Å²) in [7, 11) is 0. The zero-order valence-electron chi connectivity index (χ0n) is 12.1. The quantitative estimate of drug-likeness (QED) is 0.900. The molecule has 0 spiro atoms. The standard InChI is InChI=1S/C16H18N2O4/c19-9-13-4-5-17-16(18-13)12-2-1-3-14(8-12)22-11-15-10-20-6-7-21-15/h1-5,8,15,19H,6-7,9-11H2/t15-/m0/s1. The van der Waals surface area contributed by atoms with E-state index in [0.29, 0.717) is 37.9 Å². The van der Waals surface area contributed by atoms with Crippen LogP contribution in [0.4, 0.5) is 0 Å². The van der Waals surface area contributed by atoms with Crippen molar-refractivity contribution in [3.05, 3.63) is 42.2 Å². The van der Waals surface area contributed by atoms with Gasteiger partial charge in [0.15, 0.2) is 5.82 Å². The lowest BCUT2D eigenvalue weighted by atomic mass is 10.2. The van der Waals surface area contributed by atoms with E-state index in [1.165, 1.54) is 0 Å². The van der Waals surface area contributed by atoms with E-state index in [0.717, 1.165) is 11.3 Å². The van der Waals surface area contributed by atoms with Crippen LogP contribution in [-0.4, -0.2) is 47.6 Å². The first-order chi connectivity index (χ1) is 10.8. The van der Waals surface area contributed by atoms with Crippen LogP contribution in [0.15, 0.2) is 36.5 Å². The Kier molecular flexibility index (Phi) is 4.95. The summed E-state index contributed by atoms with van der Waals surface area (Å²) in [5, 5.41) is 9.15. The summed E-state index contributed by atoms with van der Waals surface area (Å²) in [6.45, 7) is 2.15. The van der Waals surface area contributed by atoms with Gasteiger partial charge in [0, 0.05) is 11.8 Å². The van der Waals surface area contributed by atoms with Gasteiger partial charge in [0.1, 0.15) is 18.5 Å². The van der Waals surface area contributed by atoms with E-state index in [4.69, 9.17) is 19.3 Å². The lowest BCUT2D eigenvalue weighted by molar-refractivity contribution is -0.101. The van der Waals surface area contributed by atoms with Gasteiger partial charge in [-0.2, -0.15) is 0 Å². The molecule has 2 heterocycles. The van der Waals surface area contributed by atoms with Crippen molar-refractivity contribution in [3.8, 4) is 17.1 Å². The van der Waals surface area contributed by atoms with Crippen LogP contribution in [-0.2, 0) is 16.1 Å². The molecule has 0 radical (unpaired) electrons. The highest BCUT2D eigenvalue weighted by Gasteiger charge is 2.15. The molecular formula is C16H18N2O4. The number of aliphatic hydroxyl groups is 1. The highest BCUT2D eigenvalue weighted by molar-refractivity contribution is 5.57. The van der Waals surface area contributed by atoms with E-state index in [2.05, 4.69) is 9.97 Å². The first kappa shape index (κ1) is 14.9. The van der Waals surface area contributed by atoms with Gasteiger partial charge in [0.05, 0.1) is 32.1 Å². The topological polar surface area (TPSA) is 73.7 Å². The summed E-state index contributed by atoms with van der Waals surface area (Å²) in [4.78, 5) is 8.52. The van der Waals surface area contributed by atoms with E-state index >= 15 is 0 Å². The summed E-state index contributed by atoms with van der Waals surface area (Å²) in [6, 6.07) is 9.23. The van der Waals surface area contributed by atoms with Crippen molar-refractivity contribution in [2.45, 2.75) is 12.7 Å². The van der Waals surface area contributed by atoms with Crippen molar-refractivity contribution in [2.24, 2.45) is 0 Å². The Morgan fingerprint density at radius 1 is 1.27 bits per heavy atom. The van der Waals surface area contributed by atoms with Gasteiger partial charge in [-0.15, -0.1) is 0 Å². The molecular weight excluding hydrogens is 284 g/mol. The Morgan fingerprint density at radius 2 is 2.23 bits per heavy atom. The van der Waals surface area contributed by atoms with Crippen molar-refractivity contribution in [3.63, 3.8) is 0 Å². The predicted molar refractivity (Wildman–Crippen MR) is 79.4 cm³/mol. The van der Waals surface area contributed by atoms with Crippen LogP contribution >= 0.6 is 0 Å². The summed E-state index contributed by atoms with van der Waals surface area (Å²) < 4.78 is 16.6. The minimum absolute atomic E-state index is 0.0358. The van der Waals surface area contributed by atoms with Crippen LogP contribution in [0.2, 0.25) is 0 Å². The molecule has 0 aliphatic carbocycles. The maximum Gasteiger partial charge on any atom is 0.159 e. The first-order valence-electron chi connectivity index (χ1n) is 7.20. The fourth-order valence-electron chi connectivity index (χ4n) is 2.17. The average Bonchev–Trinajstić information content (AvgIpc) is 2.61. The van der Waals surface area contributed by atoms with Gasteiger partial charge in [0.25, 0.3) is 0 Å². The molecule has 1 aliphatic heterocycles. The summed E-state index contributed by atoms with van der Waals surface area (Å²) in [5.41, 5.74) is 1.43. The molecule has 1 N–H and O–H groups in total. The Labute approximate surface area is 128 Å². The Balaban J connectivity index is 1.68. The van der Waals surface area contributed by atoms with Gasteiger partial charge in [-0.05, 0) is 18.2 Å². The minimum Gasteiger partial charge on any atom is -0.491 e. The van der Waals surface area contributed by atoms with E-state index in [1.54, 1.807) is 12.3 Å². The van der Waals surface area contributed by atoms with E-state index in [9.17, 15) is 0 Å². The molecule has 0 amide bonds. The third-order valence-electron chi connectivity index (χ3n) is 3.29. The molecule has 2 aromatic rings. The fraction of sp³-hybridized carbons (Fsp3) is 0.375. The van der Waals surface area contributed by atoms with E-state index < -0.39 is 0 Å². The Hall–Kier alpha value is -2.02. The second-order valence-electron chi connectivity index (χ2n) is 4.94. The molecule has 1 saturated heterocycles. The van der Waals surface area contributed by atoms with Crippen LogP contribution in [0.25, 0.3) is 11.4 Å². The lowest BCUT2D eigenvalue weighted by Crippen LogP contribution is -2.33. The molecule has 0 unspecified atom stereocenters. The maximum absolute atomic E-state index is 9.15. The predicted octanol–water partition coefficient (Wildman–Crippen LogP) is 1.43. The minimum atomic E-state index is -0.106. The van der Waals surface area contributed by atoms with E-state index in [-0.39, 0.29) is 12.7 Å². The molecule has 116 valence electrons. The van der Waals surface area contributed by atoms with Crippen LogP contribution in [0.3, 0.4) is 0 Å². The molecule has 3 rings (SSSR count).